The van der Waals surface area contributed by atoms with E-state index in [2.05, 4.69) is 46.6 Å². The molecule has 0 aromatic carbocycles. The summed E-state index contributed by atoms with van der Waals surface area (Å²) in [5.41, 5.74) is 0. The number of rotatable bonds is 3. The van der Waals surface area contributed by atoms with Crippen molar-refractivity contribution in [2.24, 2.45) is 5.92 Å². The summed E-state index contributed by atoms with van der Waals surface area (Å²) < 4.78 is 2.09. The van der Waals surface area contributed by atoms with Crippen molar-refractivity contribution in [1.82, 2.24) is 0 Å². The Bertz CT molecular complexity index is 66.8. The van der Waals surface area contributed by atoms with E-state index in [1.165, 1.54) is 12.8 Å². The summed E-state index contributed by atoms with van der Waals surface area (Å²) in [5.74, 6) is 0.862. The lowest BCUT2D eigenvalue weighted by molar-refractivity contribution is 0.572. The fraction of sp³-hybridized carbons (Fsp3) is 0.714. The number of allylic oxidation sites excluding steroid dienone is 1. The maximum absolute atomic E-state index is 2.27. The van der Waals surface area contributed by atoms with E-state index in [-0.39, 0.29) is 0 Å². The van der Waals surface area contributed by atoms with Gasteiger partial charge in [0, 0.05) is 0 Å². The van der Waals surface area contributed by atoms with Gasteiger partial charge in [-0.1, -0.05) is 48.9 Å². The first-order valence-electron chi connectivity index (χ1n) is 3.06. The Kier molecular flexibility index (Phi) is 5.93. The predicted molar refractivity (Wildman–Crippen MR) is 47.2 cm³/mol. The SMILES string of the molecule is CCC(C)C/C=C\I. The molecule has 48 valence electrons. The molecule has 1 atom stereocenters. The lowest BCUT2D eigenvalue weighted by Crippen LogP contribution is -1.86. The highest BCUT2D eigenvalue weighted by Gasteiger charge is 1.91. The number of hydrogen-bond acceptors (Lipinski definition) is 0. The quantitative estimate of drug-likeness (QED) is 0.644. The van der Waals surface area contributed by atoms with Crippen LogP contribution in [-0.2, 0) is 0 Å². The van der Waals surface area contributed by atoms with Crippen LogP contribution in [0.25, 0.3) is 0 Å². The molecule has 1 unspecified atom stereocenters. The third-order valence-electron chi connectivity index (χ3n) is 1.32. The summed E-state index contributed by atoms with van der Waals surface area (Å²) >= 11 is 2.26. The van der Waals surface area contributed by atoms with Gasteiger partial charge in [0.1, 0.15) is 0 Å². The third-order valence-corrected chi connectivity index (χ3v) is 1.83. The van der Waals surface area contributed by atoms with Gasteiger partial charge in [0.15, 0.2) is 0 Å². The fourth-order valence-electron chi connectivity index (χ4n) is 0.450. The van der Waals surface area contributed by atoms with Gasteiger partial charge in [0.25, 0.3) is 0 Å². The number of hydrogen-bond donors (Lipinski definition) is 0. The van der Waals surface area contributed by atoms with E-state index in [9.17, 15) is 0 Å². The van der Waals surface area contributed by atoms with Crippen molar-refractivity contribution < 1.29 is 0 Å². The highest BCUT2D eigenvalue weighted by atomic mass is 127. The predicted octanol–water partition coefficient (Wildman–Crippen LogP) is 3.37. The molecule has 1 heteroatoms. The molecule has 0 heterocycles. The molecular weight excluding hydrogens is 211 g/mol. The molecule has 0 spiro atoms. The van der Waals surface area contributed by atoms with Crippen molar-refractivity contribution in [3.05, 3.63) is 10.2 Å². The van der Waals surface area contributed by atoms with E-state index >= 15 is 0 Å². The fourth-order valence-corrected chi connectivity index (χ4v) is 0.744. The molecule has 0 amide bonds. The monoisotopic (exact) mass is 224 g/mol. The molecule has 0 aromatic rings. The second kappa shape index (κ2) is 5.60. The minimum Gasteiger partial charge on any atom is -0.0782 e. The van der Waals surface area contributed by atoms with Crippen molar-refractivity contribution in [2.45, 2.75) is 26.7 Å². The Balaban J connectivity index is 3.10. The molecular formula is C7H13I. The van der Waals surface area contributed by atoms with Crippen LogP contribution in [0.3, 0.4) is 0 Å². The second-order valence-corrected chi connectivity index (χ2v) is 2.83. The molecule has 0 saturated carbocycles. The molecule has 0 aliphatic carbocycles. The van der Waals surface area contributed by atoms with Crippen LogP contribution in [0.5, 0.6) is 0 Å². The summed E-state index contributed by atoms with van der Waals surface area (Å²) in [6.45, 7) is 4.50. The van der Waals surface area contributed by atoms with Crippen LogP contribution >= 0.6 is 22.6 Å². The van der Waals surface area contributed by atoms with Gasteiger partial charge in [0.2, 0.25) is 0 Å². The molecule has 0 N–H and O–H groups in total. The first-order valence-corrected chi connectivity index (χ1v) is 4.31. The minimum atomic E-state index is 0.862. The first kappa shape index (κ1) is 8.47. The van der Waals surface area contributed by atoms with Crippen molar-refractivity contribution in [2.75, 3.05) is 0 Å². The Morgan fingerprint density at radius 2 is 2.25 bits per heavy atom. The maximum Gasteiger partial charge on any atom is -0.0274 e. The van der Waals surface area contributed by atoms with E-state index in [1.807, 2.05) is 0 Å². The summed E-state index contributed by atoms with van der Waals surface area (Å²) in [5, 5.41) is 0. The largest absolute Gasteiger partial charge is 0.0782 e. The minimum absolute atomic E-state index is 0.862. The molecule has 0 radical (unpaired) electrons. The molecule has 0 aliphatic rings. The van der Waals surface area contributed by atoms with E-state index in [4.69, 9.17) is 0 Å². The van der Waals surface area contributed by atoms with Gasteiger partial charge in [-0.25, -0.2) is 0 Å². The lowest BCUT2D eigenvalue weighted by atomic mass is 10.1. The van der Waals surface area contributed by atoms with Crippen LogP contribution in [0.2, 0.25) is 0 Å². The molecule has 0 bridgehead atoms. The van der Waals surface area contributed by atoms with Crippen molar-refractivity contribution in [3.8, 4) is 0 Å². The summed E-state index contributed by atoms with van der Waals surface area (Å²) in [6, 6.07) is 0. The zero-order valence-electron chi connectivity index (χ0n) is 5.52. The van der Waals surface area contributed by atoms with Gasteiger partial charge in [-0.15, -0.1) is 0 Å². The van der Waals surface area contributed by atoms with E-state index < -0.39 is 0 Å². The molecule has 0 aliphatic heterocycles. The molecule has 8 heavy (non-hydrogen) atoms. The van der Waals surface area contributed by atoms with Gasteiger partial charge >= 0.3 is 0 Å². The maximum atomic E-state index is 2.27. The zero-order chi connectivity index (χ0) is 6.41. The first-order chi connectivity index (χ1) is 3.81. The standard InChI is InChI=1S/C7H13I/c1-3-7(2)5-4-6-8/h4,6-7H,3,5H2,1-2H3/b6-4-. The third kappa shape index (κ3) is 4.62. The van der Waals surface area contributed by atoms with Crippen molar-refractivity contribution in [3.63, 3.8) is 0 Å². The molecule has 0 aromatic heterocycles. The number of halogens is 1. The smallest absolute Gasteiger partial charge is 0.0274 e. The van der Waals surface area contributed by atoms with Crippen LogP contribution in [0, 0.1) is 5.92 Å². The van der Waals surface area contributed by atoms with Gasteiger partial charge in [-0.3, -0.25) is 0 Å². The molecule has 0 saturated heterocycles. The van der Waals surface area contributed by atoms with Gasteiger partial charge in [-0.05, 0) is 16.4 Å². The molecule has 0 fully saturated rings. The summed E-state index contributed by atoms with van der Waals surface area (Å²) in [6.07, 6.45) is 4.75. The average molecular weight is 224 g/mol. The lowest BCUT2D eigenvalue weighted by Gasteiger charge is -2.00. The van der Waals surface area contributed by atoms with Crippen LogP contribution in [0.4, 0.5) is 0 Å². The Hall–Kier alpha value is 0.470. The van der Waals surface area contributed by atoms with E-state index in [0.29, 0.717) is 0 Å². The Morgan fingerprint density at radius 3 is 2.62 bits per heavy atom. The summed E-state index contributed by atoms with van der Waals surface area (Å²) in [7, 11) is 0. The summed E-state index contributed by atoms with van der Waals surface area (Å²) in [4.78, 5) is 0. The Morgan fingerprint density at radius 1 is 1.62 bits per heavy atom. The van der Waals surface area contributed by atoms with E-state index in [1.54, 1.807) is 0 Å². The van der Waals surface area contributed by atoms with Gasteiger partial charge in [0.05, 0.1) is 0 Å². The van der Waals surface area contributed by atoms with E-state index in [0.717, 1.165) is 5.92 Å². The van der Waals surface area contributed by atoms with Crippen molar-refractivity contribution >= 4 is 22.6 Å². The van der Waals surface area contributed by atoms with Crippen LogP contribution in [0.1, 0.15) is 26.7 Å². The zero-order valence-corrected chi connectivity index (χ0v) is 7.68. The van der Waals surface area contributed by atoms with Crippen LogP contribution in [0.15, 0.2) is 10.2 Å². The van der Waals surface area contributed by atoms with Gasteiger partial charge < -0.3 is 0 Å². The van der Waals surface area contributed by atoms with Crippen LogP contribution < -0.4 is 0 Å². The van der Waals surface area contributed by atoms with Crippen molar-refractivity contribution in [1.29, 1.82) is 0 Å². The normalized spacial score (nSPS) is 14.9. The Labute approximate surface area is 65.5 Å². The second-order valence-electron chi connectivity index (χ2n) is 2.11. The highest BCUT2D eigenvalue weighted by Crippen LogP contribution is 2.06. The topological polar surface area (TPSA) is 0 Å². The van der Waals surface area contributed by atoms with Gasteiger partial charge in [-0.2, -0.15) is 0 Å². The molecule has 0 nitrogen and oxygen atoms in total. The highest BCUT2D eigenvalue weighted by molar-refractivity contribution is 14.1. The average Bonchev–Trinajstić information content (AvgIpc) is 1.83. The molecule has 0 rings (SSSR count). The van der Waals surface area contributed by atoms with Crippen LogP contribution in [-0.4, -0.2) is 0 Å².